The highest BCUT2D eigenvalue weighted by Crippen LogP contribution is 2.19. The Kier molecular flexibility index (Phi) is 3.06. The van der Waals surface area contributed by atoms with Crippen molar-refractivity contribution in [1.29, 1.82) is 0 Å². The summed E-state index contributed by atoms with van der Waals surface area (Å²) in [6, 6.07) is 0. The quantitative estimate of drug-likeness (QED) is 0.606. The van der Waals surface area contributed by atoms with Gasteiger partial charge in [-0.3, -0.25) is 0 Å². The molecule has 2 nitrogen and oxygen atoms in total. The van der Waals surface area contributed by atoms with E-state index in [4.69, 9.17) is 4.74 Å². The molecule has 10 heavy (non-hydrogen) atoms. The van der Waals surface area contributed by atoms with Gasteiger partial charge < -0.3 is 9.84 Å². The lowest BCUT2D eigenvalue weighted by Crippen LogP contribution is -2.39. The minimum absolute atomic E-state index is 0.204. The van der Waals surface area contributed by atoms with Crippen molar-refractivity contribution in [2.75, 3.05) is 7.11 Å². The molecule has 0 amide bonds. The first-order valence-electron chi connectivity index (χ1n) is 3.34. The molecule has 0 aliphatic rings. The van der Waals surface area contributed by atoms with Crippen LogP contribution in [0.3, 0.4) is 0 Å². The highest BCUT2D eigenvalue weighted by molar-refractivity contribution is 5.09. The molecule has 0 heterocycles. The van der Waals surface area contributed by atoms with Crippen LogP contribution >= 0.6 is 0 Å². The average molecular weight is 144 g/mol. The molecule has 60 valence electrons. The van der Waals surface area contributed by atoms with E-state index in [0.717, 1.165) is 5.57 Å². The molecule has 0 fully saturated rings. The molecule has 0 aromatic rings. The highest BCUT2D eigenvalue weighted by atomic mass is 16.5. The number of rotatable bonds is 3. The fraction of sp³-hybridized carbons (Fsp3) is 0.750. The Bertz CT molecular complexity index is 127. The molecule has 0 bridgehead atoms. The van der Waals surface area contributed by atoms with Crippen LogP contribution in [-0.4, -0.2) is 23.9 Å². The summed E-state index contributed by atoms with van der Waals surface area (Å²) in [7, 11) is 1.57. The van der Waals surface area contributed by atoms with Crippen molar-refractivity contribution in [3.05, 3.63) is 12.2 Å². The number of hydrogen-bond donors (Lipinski definition) is 1. The average Bonchev–Trinajstić information content (AvgIpc) is 1.86. The van der Waals surface area contributed by atoms with Crippen molar-refractivity contribution in [3.8, 4) is 0 Å². The molecule has 0 aromatic carbocycles. The molecule has 0 rings (SSSR count). The smallest absolute Gasteiger partial charge is 0.108 e. The zero-order valence-corrected chi connectivity index (χ0v) is 7.14. The molecular weight excluding hydrogens is 128 g/mol. The zero-order chi connectivity index (χ0) is 8.36. The van der Waals surface area contributed by atoms with Crippen molar-refractivity contribution < 1.29 is 9.84 Å². The van der Waals surface area contributed by atoms with Crippen molar-refractivity contribution in [2.45, 2.75) is 32.5 Å². The Morgan fingerprint density at radius 2 is 2.10 bits per heavy atom. The van der Waals surface area contributed by atoms with Crippen LogP contribution in [0.5, 0.6) is 0 Å². The van der Waals surface area contributed by atoms with Gasteiger partial charge in [0.1, 0.15) is 5.60 Å². The molecular formula is C8H16O2. The van der Waals surface area contributed by atoms with Gasteiger partial charge in [0.15, 0.2) is 0 Å². The fourth-order valence-electron chi connectivity index (χ4n) is 0.576. The second-order valence-electron chi connectivity index (χ2n) is 2.81. The summed E-state index contributed by atoms with van der Waals surface area (Å²) in [5.74, 6) is 0. The van der Waals surface area contributed by atoms with Crippen LogP contribution in [0.2, 0.25) is 0 Å². The van der Waals surface area contributed by atoms with Crippen LogP contribution in [0, 0.1) is 0 Å². The van der Waals surface area contributed by atoms with Crippen LogP contribution in [-0.2, 0) is 4.74 Å². The molecule has 0 aromatic heterocycles. The molecule has 1 N–H and O–H groups in total. The maximum Gasteiger partial charge on any atom is 0.108 e. The number of hydrogen-bond acceptors (Lipinski definition) is 2. The second kappa shape index (κ2) is 3.17. The number of aliphatic hydroxyl groups is 1. The van der Waals surface area contributed by atoms with Gasteiger partial charge in [0.25, 0.3) is 0 Å². The first-order valence-corrected chi connectivity index (χ1v) is 3.34. The van der Waals surface area contributed by atoms with Crippen LogP contribution in [0.25, 0.3) is 0 Å². The predicted octanol–water partition coefficient (Wildman–Crippen LogP) is 1.35. The molecule has 2 atom stereocenters. The van der Waals surface area contributed by atoms with Gasteiger partial charge in [-0.1, -0.05) is 6.58 Å². The van der Waals surface area contributed by atoms with E-state index < -0.39 is 5.60 Å². The van der Waals surface area contributed by atoms with Crippen molar-refractivity contribution >= 4 is 0 Å². The molecule has 0 aliphatic carbocycles. The summed E-state index contributed by atoms with van der Waals surface area (Å²) >= 11 is 0. The van der Waals surface area contributed by atoms with E-state index in [-0.39, 0.29) is 6.10 Å². The summed E-state index contributed by atoms with van der Waals surface area (Å²) in [5.41, 5.74) is -0.184. The third-order valence-electron chi connectivity index (χ3n) is 2.01. The third-order valence-corrected chi connectivity index (χ3v) is 2.01. The predicted molar refractivity (Wildman–Crippen MR) is 41.9 cm³/mol. The number of ether oxygens (including phenoxy) is 1. The lowest BCUT2D eigenvalue weighted by atomic mass is 9.93. The second-order valence-corrected chi connectivity index (χ2v) is 2.81. The van der Waals surface area contributed by atoms with Gasteiger partial charge in [-0.25, -0.2) is 0 Å². The van der Waals surface area contributed by atoms with Gasteiger partial charge in [0, 0.05) is 7.11 Å². The highest BCUT2D eigenvalue weighted by Gasteiger charge is 2.28. The summed E-state index contributed by atoms with van der Waals surface area (Å²) in [4.78, 5) is 0. The molecule has 0 spiro atoms. The van der Waals surface area contributed by atoms with E-state index in [9.17, 15) is 5.11 Å². The summed E-state index contributed by atoms with van der Waals surface area (Å²) < 4.78 is 4.97. The van der Waals surface area contributed by atoms with Gasteiger partial charge in [0.05, 0.1) is 6.10 Å². The fourth-order valence-corrected chi connectivity index (χ4v) is 0.576. The van der Waals surface area contributed by atoms with E-state index in [2.05, 4.69) is 6.58 Å². The molecule has 0 saturated carbocycles. The van der Waals surface area contributed by atoms with Crippen LogP contribution in [0.15, 0.2) is 12.2 Å². The first kappa shape index (κ1) is 9.66. The van der Waals surface area contributed by atoms with E-state index in [1.54, 1.807) is 21.0 Å². The summed E-state index contributed by atoms with van der Waals surface area (Å²) in [6.45, 7) is 8.97. The first-order chi connectivity index (χ1) is 4.42. The van der Waals surface area contributed by atoms with Crippen LogP contribution < -0.4 is 0 Å². The van der Waals surface area contributed by atoms with E-state index in [1.807, 2.05) is 6.92 Å². The van der Waals surface area contributed by atoms with Gasteiger partial charge in [-0.05, 0) is 26.3 Å². The Morgan fingerprint density at radius 1 is 1.70 bits per heavy atom. The third kappa shape index (κ3) is 1.82. The van der Waals surface area contributed by atoms with Crippen molar-refractivity contribution in [2.24, 2.45) is 0 Å². The van der Waals surface area contributed by atoms with Gasteiger partial charge in [-0.2, -0.15) is 0 Å². The van der Waals surface area contributed by atoms with E-state index >= 15 is 0 Å². The maximum absolute atomic E-state index is 9.64. The molecule has 0 radical (unpaired) electrons. The van der Waals surface area contributed by atoms with Gasteiger partial charge >= 0.3 is 0 Å². The van der Waals surface area contributed by atoms with Crippen molar-refractivity contribution in [1.82, 2.24) is 0 Å². The molecule has 2 heteroatoms. The topological polar surface area (TPSA) is 29.5 Å². The Morgan fingerprint density at radius 3 is 2.20 bits per heavy atom. The van der Waals surface area contributed by atoms with Crippen molar-refractivity contribution in [3.63, 3.8) is 0 Å². The van der Waals surface area contributed by atoms with E-state index in [0.29, 0.717) is 0 Å². The largest absolute Gasteiger partial charge is 0.383 e. The lowest BCUT2D eigenvalue weighted by Gasteiger charge is -2.29. The van der Waals surface area contributed by atoms with Gasteiger partial charge in [0.2, 0.25) is 0 Å². The Balaban J connectivity index is 4.23. The molecule has 0 aliphatic heterocycles. The standard InChI is InChI=1S/C8H16O2/c1-6(2)8(4,9)7(3)10-5/h7,9H,1H2,2-5H3. The molecule has 2 unspecified atom stereocenters. The van der Waals surface area contributed by atoms with Gasteiger partial charge in [-0.15, -0.1) is 0 Å². The Hall–Kier alpha value is -0.340. The SMILES string of the molecule is C=C(C)C(C)(O)C(C)OC. The van der Waals surface area contributed by atoms with Crippen LogP contribution in [0.1, 0.15) is 20.8 Å². The monoisotopic (exact) mass is 144 g/mol. The Labute approximate surface area is 62.5 Å². The summed E-state index contributed by atoms with van der Waals surface area (Å²) in [5, 5.41) is 9.64. The maximum atomic E-state index is 9.64. The lowest BCUT2D eigenvalue weighted by molar-refractivity contribution is -0.0472. The minimum Gasteiger partial charge on any atom is -0.383 e. The minimum atomic E-state index is -0.908. The number of methoxy groups -OCH3 is 1. The van der Waals surface area contributed by atoms with Crippen LogP contribution in [0.4, 0.5) is 0 Å². The molecule has 0 saturated heterocycles. The van der Waals surface area contributed by atoms with E-state index in [1.165, 1.54) is 0 Å². The zero-order valence-electron chi connectivity index (χ0n) is 7.14. The normalized spacial score (nSPS) is 19.7. The summed E-state index contributed by atoms with van der Waals surface area (Å²) in [6.07, 6.45) is -0.204.